The first-order valence-electron chi connectivity index (χ1n) is 10.5. The highest BCUT2D eigenvalue weighted by molar-refractivity contribution is 7.89. The summed E-state index contributed by atoms with van der Waals surface area (Å²) >= 11 is 0. The number of halogens is 2. The van der Waals surface area contributed by atoms with Crippen molar-refractivity contribution in [2.24, 2.45) is 5.92 Å². The number of hydrogen-bond donors (Lipinski definition) is 1. The number of carbonyl (C=O) groups excluding carboxylic acids is 1. The van der Waals surface area contributed by atoms with Crippen LogP contribution in [-0.4, -0.2) is 42.9 Å². The molecular formula is C22H27F2N3O4S. The van der Waals surface area contributed by atoms with Crippen molar-refractivity contribution >= 4 is 28.1 Å². The summed E-state index contributed by atoms with van der Waals surface area (Å²) in [5, 5.41) is 6.71. The summed E-state index contributed by atoms with van der Waals surface area (Å²) in [6, 6.07) is 3.16. The van der Waals surface area contributed by atoms with Crippen LogP contribution >= 0.6 is 0 Å². The van der Waals surface area contributed by atoms with Crippen molar-refractivity contribution in [3.05, 3.63) is 46.9 Å². The van der Waals surface area contributed by atoms with Gasteiger partial charge in [-0.25, -0.2) is 17.2 Å². The molecule has 1 atom stereocenters. The number of nitrogens with zero attached hydrogens (tertiary/aromatic N) is 2. The van der Waals surface area contributed by atoms with E-state index in [1.165, 1.54) is 29.4 Å². The van der Waals surface area contributed by atoms with Gasteiger partial charge >= 0.3 is 0 Å². The Morgan fingerprint density at radius 2 is 2.00 bits per heavy atom. The van der Waals surface area contributed by atoms with Gasteiger partial charge in [-0.05, 0) is 57.4 Å². The first kappa shape index (κ1) is 24.1. The lowest BCUT2D eigenvalue weighted by molar-refractivity contribution is -0.126. The lowest BCUT2D eigenvalue weighted by atomic mass is 9.97. The molecule has 1 N–H and O–H groups in total. The minimum atomic E-state index is -3.94. The Bertz CT molecular complexity index is 1110. The van der Waals surface area contributed by atoms with Gasteiger partial charge in [-0.15, -0.1) is 0 Å². The van der Waals surface area contributed by atoms with E-state index >= 15 is 0 Å². The molecule has 1 aliphatic rings. The first-order chi connectivity index (χ1) is 15.1. The van der Waals surface area contributed by atoms with E-state index in [1.54, 1.807) is 0 Å². The molecule has 2 heterocycles. The predicted octanol–water partition coefficient (Wildman–Crippen LogP) is 3.75. The fourth-order valence-electron chi connectivity index (χ4n) is 3.55. The van der Waals surface area contributed by atoms with Crippen molar-refractivity contribution in [2.75, 3.05) is 13.1 Å². The summed E-state index contributed by atoms with van der Waals surface area (Å²) in [5.41, 5.74) is 0.262. The van der Waals surface area contributed by atoms with E-state index in [0.29, 0.717) is 12.8 Å². The van der Waals surface area contributed by atoms with Crippen LogP contribution < -0.4 is 5.32 Å². The molecule has 7 nitrogen and oxygen atoms in total. The molecule has 0 spiro atoms. The van der Waals surface area contributed by atoms with Crippen LogP contribution in [-0.2, 0) is 14.8 Å². The molecule has 174 valence electrons. The molecule has 3 rings (SSSR count). The lowest BCUT2D eigenvalue weighted by Gasteiger charge is -2.31. The fourth-order valence-corrected chi connectivity index (χ4v) is 5.27. The Kier molecular flexibility index (Phi) is 7.45. The van der Waals surface area contributed by atoms with Crippen LogP contribution in [0.5, 0.6) is 0 Å². The number of aryl methyl sites for hydroxylation is 1. The summed E-state index contributed by atoms with van der Waals surface area (Å²) in [4.78, 5) is 12.3. The highest BCUT2D eigenvalue weighted by atomic mass is 32.2. The normalized spacial score (nSPS) is 17.0. The van der Waals surface area contributed by atoms with E-state index < -0.39 is 21.7 Å². The smallest absolute Gasteiger partial charge is 0.248 e. The zero-order chi connectivity index (χ0) is 23.5. The Morgan fingerprint density at radius 1 is 1.31 bits per heavy atom. The minimum absolute atomic E-state index is 0.0390. The van der Waals surface area contributed by atoms with Crippen molar-refractivity contribution in [2.45, 2.75) is 51.0 Å². The van der Waals surface area contributed by atoms with Gasteiger partial charge in [0, 0.05) is 36.7 Å². The molecule has 10 heteroatoms. The molecule has 0 radical (unpaired) electrons. The zero-order valence-corrected chi connectivity index (χ0v) is 19.1. The topological polar surface area (TPSA) is 92.5 Å². The third kappa shape index (κ3) is 5.24. The molecule has 1 amide bonds. The van der Waals surface area contributed by atoms with Crippen LogP contribution in [0.3, 0.4) is 0 Å². The van der Waals surface area contributed by atoms with E-state index in [1.807, 2.05) is 13.8 Å². The maximum Gasteiger partial charge on any atom is 0.248 e. The molecule has 1 saturated heterocycles. The number of piperidine rings is 1. The van der Waals surface area contributed by atoms with Crippen LogP contribution in [0.4, 0.5) is 8.78 Å². The quantitative estimate of drug-likeness (QED) is 0.670. The minimum Gasteiger partial charge on any atom is -0.355 e. The van der Waals surface area contributed by atoms with Gasteiger partial charge in [0.15, 0.2) is 10.7 Å². The number of hydrogen-bond acceptors (Lipinski definition) is 5. The highest BCUT2D eigenvalue weighted by Gasteiger charge is 2.36. The summed E-state index contributed by atoms with van der Waals surface area (Å²) in [5.74, 6) is -1.82. The molecule has 0 saturated carbocycles. The van der Waals surface area contributed by atoms with Crippen LogP contribution in [0.1, 0.15) is 50.1 Å². The molecule has 32 heavy (non-hydrogen) atoms. The van der Waals surface area contributed by atoms with Gasteiger partial charge in [-0.2, -0.15) is 4.31 Å². The molecule has 2 aromatic rings. The van der Waals surface area contributed by atoms with Gasteiger partial charge in [0.1, 0.15) is 17.3 Å². The van der Waals surface area contributed by atoms with Gasteiger partial charge in [-0.1, -0.05) is 12.1 Å². The average molecular weight is 468 g/mol. The van der Waals surface area contributed by atoms with Crippen molar-refractivity contribution in [3.8, 4) is 0 Å². The van der Waals surface area contributed by atoms with E-state index in [2.05, 4.69) is 10.5 Å². The summed E-state index contributed by atoms with van der Waals surface area (Å²) in [6.45, 7) is 5.82. The number of carbonyl (C=O) groups is 1. The molecule has 1 aliphatic heterocycles. The standard InChI is InChI=1S/C22H27F2N3O4S/c1-4-14(2)25-22(28)17-9-11-27(12-10-17)32(29,30)21-15(3)26-31-20(21)8-6-16-5-7-18(23)13-19(16)24/h5-8,13-14,17H,4,9-12H2,1-3H3,(H,25,28)/b8-6+/t14-/m0/s1. The second kappa shape index (κ2) is 9.91. The third-order valence-corrected chi connectivity index (χ3v) is 7.69. The third-order valence-electron chi connectivity index (χ3n) is 5.63. The Morgan fingerprint density at radius 3 is 2.62 bits per heavy atom. The SMILES string of the molecule is CC[C@H](C)NC(=O)C1CCN(S(=O)(=O)c2c(C)noc2/C=C/c2ccc(F)cc2F)CC1. The predicted molar refractivity (Wildman–Crippen MR) is 116 cm³/mol. The highest BCUT2D eigenvalue weighted by Crippen LogP contribution is 2.29. The Hall–Kier alpha value is -2.59. The Labute approximate surface area is 186 Å². The van der Waals surface area contributed by atoms with Crippen LogP contribution in [0.15, 0.2) is 27.6 Å². The van der Waals surface area contributed by atoms with E-state index in [-0.39, 0.29) is 52.9 Å². The van der Waals surface area contributed by atoms with Crippen LogP contribution in [0, 0.1) is 24.5 Å². The van der Waals surface area contributed by atoms with Crippen molar-refractivity contribution in [1.29, 1.82) is 0 Å². The fraction of sp³-hybridized carbons (Fsp3) is 0.455. The number of rotatable bonds is 7. The molecule has 0 unspecified atom stereocenters. The average Bonchev–Trinajstić information content (AvgIpc) is 3.14. The van der Waals surface area contributed by atoms with E-state index in [9.17, 15) is 22.0 Å². The van der Waals surface area contributed by atoms with E-state index in [4.69, 9.17) is 4.52 Å². The van der Waals surface area contributed by atoms with Gasteiger partial charge in [0.2, 0.25) is 15.9 Å². The van der Waals surface area contributed by atoms with Gasteiger partial charge in [0.05, 0.1) is 0 Å². The lowest BCUT2D eigenvalue weighted by Crippen LogP contribution is -2.44. The van der Waals surface area contributed by atoms with Gasteiger partial charge in [-0.3, -0.25) is 4.79 Å². The molecule has 0 bridgehead atoms. The van der Waals surface area contributed by atoms with Gasteiger partial charge in [0.25, 0.3) is 0 Å². The number of nitrogens with one attached hydrogen (secondary N) is 1. The largest absolute Gasteiger partial charge is 0.355 e. The summed E-state index contributed by atoms with van der Waals surface area (Å²) in [7, 11) is -3.94. The van der Waals surface area contributed by atoms with Gasteiger partial charge < -0.3 is 9.84 Å². The maximum absolute atomic E-state index is 13.9. The number of benzene rings is 1. The maximum atomic E-state index is 13.9. The molecular weight excluding hydrogens is 440 g/mol. The van der Waals surface area contributed by atoms with Crippen LogP contribution in [0.2, 0.25) is 0 Å². The summed E-state index contributed by atoms with van der Waals surface area (Å²) < 4.78 is 60.0. The zero-order valence-electron chi connectivity index (χ0n) is 18.3. The Balaban J connectivity index is 1.76. The second-order valence-corrected chi connectivity index (χ2v) is 9.83. The number of aromatic nitrogens is 1. The van der Waals surface area contributed by atoms with E-state index in [0.717, 1.165) is 18.6 Å². The number of amides is 1. The molecule has 1 fully saturated rings. The van der Waals surface area contributed by atoms with Crippen LogP contribution in [0.25, 0.3) is 12.2 Å². The van der Waals surface area contributed by atoms with Crippen molar-refractivity contribution in [3.63, 3.8) is 0 Å². The monoisotopic (exact) mass is 467 g/mol. The second-order valence-electron chi connectivity index (χ2n) is 7.96. The summed E-state index contributed by atoms with van der Waals surface area (Å²) in [6.07, 6.45) is 4.26. The first-order valence-corrected chi connectivity index (χ1v) is 12.0. The molecule has 0 aliphatic carbocycles. The molecule has 1 aromatic heterocycles. The number of sulfonamides is 1. The van der Waals surface area contributed by atoms with Crippen molar-refractivity contribution < 1.29 is 26.5 Å². The molecule has 1 aromatic carbocycles. The van der Waals surface area contributed by atoms with Crippen molar-refractivity contribution in [1.82, 2.24) is 14.8 Å².